The lowest BCUT2D eigenvalue weighted by Crippen LogP contribution is -2.21. The molecule has 1 aromatic carbocycles. The number of hydrogen-bond acceptors (Lipinski definition) is 4. The predicted octanol–water partition coefficient (Wildman–Crippen LogP) is 3.88. The van der Waals surface area contributed by atoms with Crippen LogP contribution in [0.4, 0.5) is 5.69 Å². The number of aldehydes is 1. The SMILES string of the molecule is CC.CC(C)C=O.c1cc2cc(N[C@@H]3CCNC3)ccc2cn1. The van der Waals surface area contributed by atoms with Crippen molar-refractivity contribution in [2.45, 2.75) is 40.2 Å². The van der Waals surface area contributed by atoms with E-state index in [1.54, 1.807) is 0 Å². The summed E-state index contributed by atoms with van der Waals surface area (Å²) in [5.74, 6) is 0.204. The van der Waals surface area contributed by atoms with Gasteiger partial charge in [-0.05, 0) is 36.6 Å². The summed E-state index contributed by atoms with van der Waals surface area (Å²) in [6, 6.07) is 9.05. The maximum atomic E-state index is 9.50. The van der Waals surface area contributed by atoms with Gasteiger partial charge in [0.2, 0.25) is 0 Å². The number of nitrogens with zero attached hydrogens (tertiary/aromatic N) is 1. The summed E-state index contributed by atoms with van der Waals surface area (Å²) in [5.41, 5.74) is 1.20. The molecule has 4 heteroatoms. The Balaban J connectivity index is 0.000000327. The Labute approximate surface area is 139 Å². The molecule has 0 unspecified atom stereocenters. The van der Waals surface area contributed by atoms with Gasteiger partial charge in [-0.15, -0.1) is 0 Å². The molecule has 23 heavy (non-hydrogen) atoms. The van der Waals surface area contributed by atoms with Crippen LogP contribution in [0.3, 0.4) is 0 Å². The van der Waals surface area contributed by atoms with E-state index in [0.717, 1.165) is 19.4 Å². The third kappa shape index (κ3) is 6.78. The van der Waals surface area contributed by atoms with Crippen LogP contribution in [0.25, 0.3) is 10.8 Å². The first-order valence-electron chi connectivity index (χ1n) is 8.45. The highest BCUT2D eigenvalue weighted by molar-refractivity contribution is 5.84. The first kappa shape index (κ1) is 19.1. The topological polar surface area (TPSA) is 54.0 Å². The zero-order valence-electron chi connectivity index (χ0n) is 14.7. The molecular formula is C19H29N3O. The summed E-state index contributed by atoms with van der Waals surface area (Å²) >= 11 is 0. The lowest BCUT2D eigenvalue weighted by atomic mass is 10.1. The first-order valence-corrected chi connectivity index (χ1v) is 8.45. The second kappa shape index (κ2) is 10.7. The summed E-state index contributed by atoms with van der Waals surface area (Å²) in [7, 11) is 0. The van der Waals surface area contributed by atoms with Gasteiger partial charge in [-0.2, -0.15) is 0 Å². The highest BCUT2D eigenvalue weighted by Crippen LogP contribution is 2.19. The van der Waals surface area contributed by atoms with E-state index in [2.05, 4.69) is 33.8 Å². The molecule has 1 aliphatic heterocycles. The number of rotatable bonds is 3. The number of aromatic nitrogens is 1. The number of hydrogen-bond donors (Lipinski definition) is 2. The van der Waals surface area contributed by atoms with Crippen LogP contribution < -0.4 is 10.6 Å². The van der Waals surface area contributed by atoms with Crippen LogP contribution >= 0.6 is 0 Å². The average molecular weight is 315 g/mol. The maximum absolute atomic E-state index is 9.50. The Bertz CT molecular complexity index is 578. The van der Waals surface area contributed by atoms with Gasteiger partial charge >= 0.3 is 0 Å². The van der Waals surface area contributed by atoms with E-state index in [-0.39, 0.29) is 5.92 Å². The number of anilines is 1. The van der Waals surface area contributed by atoms with Crippen molar-refractivity contribution >= 4 is 22.7 Å². The molecule has 0 amide bonds. The van der Waals surface area contributed by atoms with Gasteiger partial charge in [0.15, 0.2) is 0 Å². The van der Waals surface area contributed by atoms with Crippen molar-refractivity contribution in [2.24, 2.45) is 5.92 Å². The van der Waals surface area contributed by atoms with Crippen molar-refractivity contribution in [3.63, 3.8) is 0 Å². The Hall–Kier alpha value is -1.94. The summed E-state index contributed by atoms with van der Waals surface area (Å²) < 4.78 is 0. The fourth-order valence-corrected chi connectivity index (χ4v) is 2.19. The van der Waals surface area contributed by atoms with Gasteiger partial charge < -0.3 is 15.4 Å². The minimum Gasteiger partial charge on any atom is -0.381 e. The van der Waals surface area contributed by atoms with Gasteiger partial charge in [0, 0.05) is 42.0 Å². The van der Waals surface area contributed by atoms with E-state index >= 15 is 0 Å². The molecule has 1 atom stereocenters. The predicted molar refractivity (Wildman–Crippen MR) is 98.9 cm³/mol. The monoisotopic (exact) mass is 315 g/mol. The standard InChI is InChI=1S/C13H15N3.C4H8O.C2H6/c1-2-12(16-13-4-6-15-9-13)7-10-3-5-14-8-11(1)10;1-4(2)3-5;1-2/h1-3,5,7-8,13,15-16H,4,6,9H2;3-4H,1-2H3;1-2H3/t13-;;/m1../s1. The number of carbonyl (C=O) groups excluding carboxylic acids is 1. The number of fused-ring (bicyclic) bond motifs is 1. The third-order valence-electron chi connectivity index (χ3n) is 3.34. The summed E-state index contributed by atoms with van der Waals surface area (Å²) in [5, 5.41) is 9.34. The Morgan fingerprint density at radius 2 is 2.00 bits per heavy atom. The van der Waals surface area contributed by atoms with Crippen molar-refractivity contribution < 1.29 is 4.79 Å². The molecule has 4 nitrogen and oxygen atoms in total. The molecule has 3 rings (SSSR count). The molecule has 1 aliphatic rings. The Morgan fingerprint density at radius 3 is 2.61 bits per heavy atom. The zero-order valence-corrected chi connectivity index (χ0v) is 14.7. The molecular weight excluding hydrogens is 286 g/mol. The minimum atomic E-state index is 0.204. The van der Waals surface area contributed by atoms with Crippen LogP contribution in [-0.2, 0) is 4.79 Å². The van der Waals surface area contributed by atoms with Gasteiger partial charge in [0.05, 0.1) is 0 Å². The molecule has 0 saturated carbocycles. The van der Waals surface area contributed by atoms with Gasteiger partial charge in [0.25, 0.3) is 0 Å². The second-order valence-electron chi connectivity index (χ2n) is 5.65. The van der Waals surface area contributed by atoms with Gasteiger partial charge in [0.1, 0.15) is 6.29 Å². The van der Waals surface area contributed by atoms with E-state index in [1.807, 2.05) is 46.2 Å². The molecule has 0 aliphatic carbocycles. The van der Waals surface area contributed by atoms with Crippen molar-refractivity contribution in [3.05, 3.63) is 36.7 Å². The summed E-state index contributed by atoms with van der Waals surface area (Å²) in [4.78, 5) is 13.6. The minimum absolute atomic E-state index is 0.204. The quantitative estimate of drug-likeness (QED) is 0.844. The molecule has 2 heterocycles. The largest absolute Gasteiger partial charge is 0.381 e. The van der Waals surface area contributed by atoms with E-state index in [1.165, 1.54) is 22.9 Å². The molecule has 1 aromatic heterocycles. The first-order chi connectivity index (χ1) is 11.2. The summed E-state index contributed by atoms with van der Waals surface area (Å²) in [6.07, 6.45) is 5.86. The van der Waals surface area contributed by atoms with Crippen LogP contribution in [-0.4, -0.2) is 30.4 Å². The van der Waals surface area contributed by atoms with Gasteiger partial charge in [-0.25, -0.2) is 0 Å². The normalized spacial score (nSPS) is 16.1. The third-order valence-corrected chi connectivity index (χ3v) is 3.34. The lowest BCUT2D eigenvalue weighted by molar-refractivity contribution is -0.110. The van der Waals surface area contributed by atoms with Crippen molar-refractivity contribution in [1.29, 1.82) is 0 Å². The molecule has 1 fully saturated rings. The van der Waals surface area contributed by atoms with Crippen LogP contribution in [0.2, 0.25) is 0 Å². The van der Waals surface area contributed by atoms with Crippen molar-refractivity contribution in [1.82, 2.24) is 10.3 Å². The van der Waals surface area contributed by atoms with Crippen LogP contribution in [0, 0.1) is 5.92 Å². The highest BCUT2D eigenvalue weighted by Gasteiger charge is 2.13. The molecule has 2 N–H and O–H groups in total. The smallest absolute Gasteiger partial charge is 0.122 e. The zero-order chi connectivity index (χ0) is 17.1. The van der Waals surface area contributed by atoms with Crippen molar-refractivity contribution in [2.75, 3.05) is 18.4 Å². The Morgan fingerprint density at radius 1 is 1.26 bits per heavy atom. The summed E-state index contributed by atoms with van der Waals surface area (Å²) in [6.45, 7) is 9.89. The molecule has 2 aromatic rings. The second-order valence-corrected chi connectivity index (χ2v) is 5.65. The molecule has 126 valence electrons. The fourth-order valence-electron chi connectivity index (χ4n) is 2.19. The van der Waals surface area contributed by atoms with Crippen molar-refractivity contribution in [3.8, 4) is 0 Å². The van der Waals surface area contributed by atoms with E-state index in [0.29, 0.717) is 6.04 Å². The van der Waals surface area contributed by atoms with E-state index < -0.39 is 0 Å². The Kier molecular flexibility index (Phi) is 8.91. The van der Waals surface area contributed by atoms with Crippen LogP contribution in [0.1, 0.15) is 34.1 Å². The number of carbonyl (C=O) groups is 1. The number of benzene rings is 1. The van der Waals surface area contributed by atoms with E-state index in [9.17, 15) is 4.79 Å². The maximum Gasteiger partial charge on any atom is 0.122 e. The lowest BCUT2D eigenvalue weighted by Gasteiger charge is -2.13. The van der Waals surface area contributed by atoms with Crippen LogP contribution in [0.5, 0.6) is 0 Å². The molecule has 0 spiro atoms. The van der Waals surface area contributed by atoms with E-state index in [4.69, 9.17) is 0 Å². The fraction of sp³-hybridized carbons (Fsp3) is 0.474. The van der Waals surface area contributed by atoms with Gasteiger partial charge in [-0.3, -0.25) is 4.98 Å². The number of pyridine rings is 1. The van der Waals surface area contributed by atoms with Crippen LogP contribution in [0.15, 0.2) is 36.7 Å². The van der Waals surface area contributed by atoms with Gasteiger partial charge in [-0.1, -0.05) is 33.8 Å². The number of nitrogens with one attached hydrogen (secondary N) is 2. The molecule has 0 bridgehead atoms. The molecule has 1 saturated heterocycles. The molecule has 0 radical (unpaired) electrons. The highest BCUT2D eigenvalue weighted by atomic mass is 16.1. The average Bonchev–Trinajstić information content (AvgIpc) is 3.10.